The van der Waals surface area contributed by atoms with Crippen LogP contribution in [0.2, 0.25) is 0 Å². The first-order valence-corrected chi connectivity index (χ1v) is 8.04. The van der Waals surface area contributed by atoms with E-state index in [1.165, 1.54) is 0 Å². The van der Waals surface area contributed by atoms with Crippen LogP contribution in [0.4, 0.5) is 0 Å². The molecule has 0 unspecified atom stereocenters. The number of aromatic nitrogens is 2. The van der Waals surface area contributed by atoms with Crippen molar-refractivity contribution < 1.29 is 14.1 Å². The Morgan fingerprint density at radius 1 is 1.35 bits per heavy atom. The second-order valence-corrected chi connectivity index (χ2v) is 6.21. The van der Waals surface area contributed by atoms with Crippen molar-refractivity contribution >= 4 is 5.91 Å². The zero-order valence-corrected chi connectivity index (χ0v) is 13.1. The van der Waals surface area contributed by atoms with Gasteiger partial charge in [0.15, 0.2) is 11.9 Å². The number of likely N-dealkylation sites (tertiary alicyclic amines) is 1. The fourth-order valence-electron chi connectivity index (χ4n) is 3.39. The fourth-order valence-corrected chi connectivity index (χ4v) is 3.39. The third kappa shape index (κ3) is 2.69. The van der Waals surface area contributed by atoms with Gasteiger partial charge in [-0.1, -0.05) is 23.4 Å². The Balaban J connectivity index is 1.45. The lowest BCUT2D eigenvalue weighted by Gasteiger charge is -2.32. The Morgan fingerprint density at radius 2 is 2.22 bits per heavy atom. The zero-order chi connectivity index (χ0) is 15.8. The molecule has 0 saturated carbocycles. The molecular weight excluding hydrogens is 294 g/mol. The average molecular weight is 313 g/mol. The van der Waals surface area contributed by atoms with Crippen LogP contribution in [-0.4, -0.2) is 40.1 Å². The number of hydrogen-bond acceptors (Lipinski definition) is 5. The summed E-state index contributed by atoms with van der Waals surface area (Å²) >= 11 is 0. The standard InChI is InChI=1S/C17H19N3O3/c1-11-18-16(19-23-11)13-6-4-8-20(10-13)17(21)15-9-12-5-2-3-7-14(12)22-15/h2-3,5,7,13,15H,4,6,8-10H2,1H3/t13-,15+/m1/s1. The van der Waals surface area contributed by atoms with Gasteiger partial charge in [-0.25, -0.2) is 0 Å². The first-order chi connectivity index (χ1) is 11.2. The predicted molar refractivity (Wildman–Crippen MR) is 82.2 cm³/mol. The molecule has 4 rings (SSSR count). The lowest BCUT2D eigenvalue weighted by atomic mass is 9.96. The molecule has 0 bridgehead atoms. The van der Waals surface area contributed by atoms with E-state index < -0.39 is 6.10 Å². The van der Waals surface area contributed by atoms with Gasteiger partial charge in [-0.15, -0.1) is 0 Å². The minimum atomic E-state index is -0.404. The van der Waals surface area contributed by atoms with Crippen LogP contribution < -0.4 is 4.74 Å². The maximum absolute atomic E-state index is 12.8. The van der Waals surface area contributed by atoms with E-state index in [-0.39, 0.29) is 11.8 Å². The molecule has 1 aromatic heterocycles. The highest BCUT2D eigenvalue weighted by Crippen LogP contribution is 2.31. The van der Waals surface area contributed by atoms with Crippen molar-refractivity contribution in [1.82, 2.24) is 15.0 Å². The summed E-state index contributed by atoms with van der Waals surface area (Å²) < 4.78 is 10.9. The monoisotopic (exact) mass is 313 g/mol. The molecule has 1 saturated heterocycles. The highest BCUT2D eigenvalue weighted by atomic mass is 16.5. The molecule has 0 spiro atoms. The van der Waals surface area contributed by atoms with Gasteiger partial charge in [0.05, 0.1) is 0 Å². The number of fused-ring (bicyclic) bond motifs is 1. The molecule has 2 aliphatic rings. The van der Waals surface area contributed by atoms with Crippen LogP contribution in [0.5, 0.6) is 5.75 Å². The molecule has 6 heteroatoms. The number of para-hydroxylation sites is 1. The number of carbonyl (C=O) groups excluding carboxylic acids is 1. The minimum Gasteiger partial charge on any atom is -0.480 e. The third-order valence-electron chi connectivity index (χ3n) is 4.56. The topological polar surface area (TPSA) is 68.5 Å². The van der Waals surface area contributed by atoms with Crippen molar-refractivity contribution in [2.75, 3.05) is 13.1 Å². The van der Waals surface area contributed by atoms with Gasteiger partial charge in [-0.05, 0) is 24.5 Å². The van der Waals surface area contributed by atoms with Crippen molar-refractivity contribution in [3.8, 4) is 5.75 Å². The van der Waals surface area contributed by atoms with Gasteiger partial charge in [0, 0.05) is 32.4 Å². The maximum atomic E-state index is 12.8. The Morgan fingerprint density at radius 3 is 3.00 bits per heavy atom. The van der Waals surface area contributed by atoms with Crippen molar-refractivity contribution in [2.24, 2.45) is 0 Å². The third-order valence-corrected chi connectivity index (χ3v) is 4.56. The van der Waals surface area contributed by atoms with Crippen molar-refractivity contribution in [3.63, 3.8) is 0 Å². The first-order valence-electron chi connectivity index (χ1n) is 8.04. The van der Waals surface area contributed by atoms with Gasteiger partial charge < -0.3 is 14.2 Å². The summed E-state index contributed by atoms with van der Waals surface area (Å²) in [5.41, 5.74) is 1.10. The van der Waals surface area contributed by atoms with Gasteiger partial charge in [0.25, 0.3) is 5.91 Å². The number of amides is 1. The molecule has 2 aromatic rings. The Labute approximate surface area is 134 Å². The summed E-state index contributed by atoms with van der Waals surface area (Å²) in [5, 5.41) is 4.01. The smallest absolute Gasteiger partial charge is 0.264 e. The Kier molecular flexibility index (Phi) is 3.52. The predicted octanol–water partition coefficient (Wildman–Crippen LogP) is 2.09. The summed E-state index contributed by atoms with van der Waals surface area (Å²) in [6.45, 7) is 3.18. The Hall–Kier alpha value is -2.37. The maximum Gasteiger partial charge on any atom is 0.264 e. The van der Waals surface area contributed by atoms with Crippen LogP contribution in [0.1, 0.15) is 36.0 Å². The van der Waals surface area contributed by atoms with Crippen molar-refractivity contribution in [3.05, 3.63) is 41.5 Å². The summed E-state index contributed by atoms with van der Waals surface area (Å²) in [6.07, 6.45) is 2.17. The molecule has 6 nitrogen and oxygen atoms in total. The molecule has 2 aliphatic heterocycles. The molecule has 0 radical (unpaired) electrons. The molecule has 1 aromatic carbocycles. The fraction of sp³-hybridized carbons (Fsp3) is 0.471. The average Bonchev–Trinajstić information content (AvgIpc) is 3.20. The van der Waals surface area contributed by atoms with Gasteiger partial charge >= 0.3 is 0 Å². The van der Waals surface area contributed by atoms with E-state index in [0.29, 0.717) is 24.7 Å². The molecule has 120 valence electrons. The number of nitrogens with zero attached hydrogens (tertiary/aromatic N) is 3. The molecular formula is C17H19N3O3. The van der Waals surface area contributed by atoms with Crippen LogP contribution >= 0.6 is 0 Å². The van der Waals surface area contributed by atoms with E-state index >= 15 is 0 Å². The van der Waals surface area contributed by atoms with Crippen LogP contribution in [0.25, 0.3) is 0 Å². The summed E-state index contributed by atoms with van der Waals surface area (Å²) in [5.74, 6) is 2.31. The molecule has 0 aliphatic carbocycles. The number of hydrogen-bond donors (Lipinski definition) is 0. The number of piperidine rings is 1. The lowest BCUT2D eigenvalue weighted by Crippen LogP contribution is -2.46. The van der Waals surface area contributed by atoms with Crippen LogP contribution in [0, 0.1) is 6.92 Å². The van der Waals surface area contributed by atoms with Crippen LogP contribution in [0.15, 0.2) is 28.8 Å². The van der Waals surface area contributed by atoms with E-state index in [9.17, 15) is 4.79 Å². The van der Waals surface area contributed by atoms with Crippen molar-refractivity contribution in [2.45, 2.75) is 38.2 Å². The van der Waals surface area contributed by atoms with E-state index in [2.05, 4.69) is 10.1 Å². The zero-order valence-electron chi connectivity index (χ0n) is 13.1. The van der Waals surface area contributed by atoms with Gasteiger partial charge in [0.1, 0.15) is 5.75 Å². The molecule has 23 heavy (non-hydrogen) atoms. The van der Waals surface area contributed by atoms with Gasteiger partial charge in [-0.3, -0.25) is 4.79 Å². The molecule has 0 N–H and O–H groups in total. The second-order valence-electron chi connectivity index (χ2n) is 6.21. The minimum absolute atomic E-state index is 0.0612. The summed E-state index contributed by atoms with van der Waals surface area (Å²) in [7, 11) is 0. The number of aryl methyl sites for hydroxylation is 1. The lowest BCUT2D eigenvalue weighted by molar-refractivity contribution is -0.139. The molecule has 1 fully saturated rings. The molecule has 1 amide bonds. The van der Waals surface area contributed by atoms with Crippen molar-refractivity contribution in [1.29, 1.82) is 0 Å². The van der Waals surface area contributed by atoms with Gasteiger partial charge in [0.2, 0.25) is 5.89 Å². The number of rotatable bonds is 2. The Bertz CT molecular complexity index is 702. The first kappa shape index (κ1) is 14.2. The summed E-state index contributed by atoms with van der Waals surface area (Å²) in [4.78, 5) is 19.0. The quantitative estimate of drug-likeness (QED) is 0.849. The van der Waals surface area contributed by atoms with E-state index in [0.717, 1.165) is 30.7 Å². The highest BCUT2D eigenvalue weighted by Gasteiger charge is 2.35. The SMILES string of the molecule is Cc1nc([C@@H]2CCCN(C(=O)[C@@H]3Cc4ccccc4O3)C2)no1. The van der Waals surface area contributed by atoms with E-state index in [1.54, 1.807) is 6.92 Å². The molecule has 2 atom stereocenters. The number of ether oxygens (including phenoxy) is 1. The van der Waals surface area contributed by atoms with E-state index in [4.69, 9.17) is 9.26 Å². The largest absolute Gasteiger partial charge is 0.480 e. The number of benzene rings is 1. The highest BCUT2D eigenvalue weighted by molar-refractivity contribution is 5.82. The summed E-state index contributed by atoms with van der Waals surface area (Å²) in [6, 6.07) is 7.85. The normalized spacial score (nSPS) is 23.4. The van der Waals surface area contributed by atoms with Gasteiger partial charge in [-0.2, -0.15) is 4.98 Å². The molecule has 3 heterocycles. The van der Waals surface area contributed by atoms with Crippen LogP contribution in [-0.2, 0) is 11.2 Å². The van der Waals surface area contributed by atoms with E-state index in [1.807, 2.05) is 29.2 Å². The van der Waals surface area contributed by atoms with Crippen LogP contribution in [0.3, 0.4) is 0 Å². The number of carbonyl (C=O) groups is 1. The second kappa shape index (κ2) is 5.68.